The maximum absolute atomic E-state index is 12.1. The average Bonchev–Trinajstić information content (AvgIpc) is 2.55. The molecule has 0 bridgehead atoms. The van der Waals surface area contributed by atoms with Gasteiger partial charge in [-0.3, -0.25) is 14.9 Å². The number of hydrogen-bond acceptors (Lipinski definition) is 5. The highest BCUT2D eigenvalue weighted by atomic mass is 79.9. The zero-order chi connectivity index (χ0) is 16.8. The molecule has 0 aliphatic heterocycles. The molecule has 0 radical (unpaired) electrons. The Bertz CT molecular complexity index is 777. The lowest BCUT2D eigenvalue weighted by Crippen LogP contribution is -2.18. The van der Waals surface area contributed by atoms with Crippen molar-refractivity contribution in [3.63, 3.8) is 0 Å². The molecule has 7 nitrogen and oxygen atoms in total. The lowest BCUT2D eigenvalue weighted by molar-refractivity contribution is -0.385. The van der Waals surface area contributed by atoms with E-state index in [1.165, 1.54) is 25.5 Å². The van der Waals surface area contributed by atoms with Crippen LogP contribution in [0.2, 0.25) is 0 Å². The molecule has 0 unspecified atom stereocenters. The number of methoxy groups -OCH3 is 1. The molecule has 0 aliphatic rings. The number of para-hydroxylation sites is 1. The van der Waals surface area contributed by atoms with Crippen LogP contribution in [0.4, 0.5) is 5.69 Å². The molecule has 1 amide bonds. The fourth-order valence-electron chi connectivity index (χ4n) is 1.84. The Kier molecular flexibility index (Phi) is 5.42. The monoisotopic (exact) mass is 377 g/mol. The molecular formula is C15H12BrN3O4. The van der Waals surface area contributed by atoms with Gasteiger partial charge >= 0.3 is 0 Å². The molecule has 0 saturated carbocycles. The molecule has 2 rings (SSSR count). The number of amides is 1. The van der Waals surface area contributed by atoms with Crippen molar-refractivity contribution in [2.75, 3.05) is 7.11 Å². The predicted octanol–water partition coefficient (Wildman–Crippen LogP) is 3.13. The van der Waals surface area contributed by atoms with E-state index in [0.717, 1.165) is 0 Å². The Morgan fingerprint density at radius 1 is 1.35 bits per heavy atom. The molecule has 2 aromatic rings. The number of nitrogens with one attached hydrogen (secondary N) is 1. The van der Waals surface area contributed by atoms with Crippen LogP contribution in [0.3, 0.4) is 0 Å². The van der Waals surface area contributed by atoms with E-state index in [1.54, 1.807) is 30.3 Å². The second-order valence-electron chi connectivity index (χ2n) is 4.36. The quantitative estimate of drug-likeness (QED) is 0.491. The van der Waals surface area contributed by atoms with Gasteiger partial charge in [0.1, 0.15) is 5.75 Å². The Hall–Kier alpha value is -2.74. The lowest BCUT2D eigenvalue weighted by atomic mass is 10.2. The SMILES string of the molecule is COc1ccc(Br)cc1C(=O)N/N=C/c1ccccc1[N+](=O)[O-]. The second kappa shape index (κ2) is 7.50. The van der Waals surface area contributed by atoms with E-state index in [2.05, 4.69) is 26.5 Å². The number of benzene rings is 2. The first kappa shape index (κ1) is 16.6. The molecule has 1 N–H and O–H groups in total. The summed E-state index contributed by atoms with van der Waals surface area (Å²) < 4.78 is 5.83. The van der Waals surface area contributed by atoms with Gasteiger partial charge in [-0.2, -0.15) is 5.10 Å². The summed E-state index contributed by atoms with van der Waals surface area (Å²) >= 11 is 3.28. The zero-order valence-electron chi connectivity index (χ0n) is 12.0. The standard InChI is InChI=1S/C15H12BrN3O4/c1-23-14-7-6-11(16)8-12(14)15(20)18-17-9-10-4-2-3-5-13(10)19(21)22/h2-9H,1H3,(H,18,20)/b17-9+. The third-order valence-electron chi connectivity index (χ3n) is 2.91. The normalized spacial score (nSPS) is 10.5. The van der Waals surface area contributed by atoms with Crippen LogP contribution in [0.5, 0.6) is 5.75 Å². The number of carbonyl (C=O) groups excluding carboxylic acids is 1. The molecule has 8 heteroatoms. The molecule has 23 heavy (non-hydrogen) atoms. The van der Waals surface area contributed by atoms with Crippen LogP contribution < -0.4 is 10.2 Å². The molecule has 0 aromatic heterocycles. The Labute approximate surface area is 140 Å². The number of carbonyl (C=O) groups is 1. The topological polar surface area (TPSA) is 93.8 Å². The highest BCUT2D eigenvalue weighted by Crippen LogP contribution is 2.22. The minimum absolute atomic E-state index is 0.0921. The fraction of sp³-hybridized carbons (Fsp3) is 0.0667. The van der Waals surface area contributed by atoms with Gasteiger partial charge in [0.15, 0.2) is 0 Å². The van der Waals surface area contributed by atoms with Crippen LogP contribution in [-0.4, -0.2) is 24.2 Å². The first-order chi connectivity index (χ1) is 11.0. The van der Waals surface area contributed by atoms with E-state index >= 15 is 0 Å². The van der Waals surface area contributed by atoms with Gasteiger partial charge in [0.25, 0.3) is 11.6 Å². The van der Waals surface area contributed by atoms with Crippen LogP contribution in [0.15, 0.2) is 52.0 Å². The van der Waals surface area contributed by atoms with E-state index in [4.69, 9.17) is 4.74 Å². The Balaban J connectivity index is 2.17. The summed E-state index contributed by atoms with van der Waals surface area (Å²) in [5.74, 6) is -0.0930. The van der Waals surface area contributed by atoms with Gasteiger partial charge < -0.3 is 4.74 Å². The van der Waals surface area contributed by atoms with Crippen molar-refractivity contribution in [1.82, 2.24) is 5.43 Å². The first-order valence-electron chi connectivity index (χ1n) is 6.43. The highest BCUT2D eigenvalue weighted by molar-refractivity contribution is 9.10. The summed E-state index contributed by atoms with van der Waals surface area (Å²) in [4.78, 5) is 22.5. The number of halogens is 1. The summed E-state index contributed by atoms with van der Waals surface area (Å²) in [6, 6.07) is 11.1. The summed E-state index contributed by atoms with van der Waals surface area (Å²) in [6.45, 7) is 0. The van der Waals surface area contributed by atoms with E-state index in [9.17, 15) is 14.9 Å². The average molecular weight is 378 g/mol. The fourth-order valence-corrected chi connectivity index (χ4v) is 2.20. The van der Waals surface area contributed by atoms with Crippen LogP contribution >= 0.6 is 15.9 Å². The van der Waals surface area contributed by atoms with Crippen molar-refractivity contribution in [3.05, 3.63) is 68.2 Å². The first-order valence-corrected chi connectivity index (χ1v) is 7.22. The number of rotatable bonds is 5. The third kappa shape index (κ3) is 4.13. The van der Waals surface area contributed by atoms with E-state index in [0.29, 0.717) is 21.3 Å². The maximum atomic E-state index is 12.1. The summed E-state index contributed by atoms with van der Waals surface area (Å²) in [5, 5.41) is 14.7. The molecule has 0 saturated heterocycles. The van der Waals surface area contributed by atoms with Gasteiger partial charge in [-0.1, -0.05) is 28.1 Å². The van der Waals surface area contributed by atoms with Gasteiger partial charge in [0.2, 0.25) is 0 Å². The van der Waals surface area contributed by atoms with Crippen molar-refractivity contribution in [3.8, 4) is 5.75 Å². The number of hydrogen-bond donors (Lipinski definition) is 1. The van der Waals surface area contributed by atoms with Crippen LogP contribution in [0.25, 0.3) is 0 Å². The van der Waals surface area contributed by atoms with Crippen molar-refractivity contribution in [2.45, 2.75) is 0 Å². The van der Waals surface area contributed by atoms with Gasteiger partial charge in [-0.05, 0) is 24.3 Å². The van der Waals surface area contributed by atoms with E-state index in [1.807, 2.05) is 0 Å². The number of hydrazone groups is 1. The number of nitrogens with zero attached hydrogens (tertiary/aromatic N) is 2. The maximum Gasteiger partial charge on any atom is 0.278 e. The number of nitro benzene ring substituents is 1. The molecule has 0 spiro atoms. The number of ether oxygens (including phenoxy) is 1. The largest absolute Gasteiger partial charge is 0.496 e. The Morgan fingerprint density at radius 3 is 2.78 bits per heavy atom. The third-order valence-corrected chi connectivity index (χ3v) is 3.40. The molecule has 0 heterocycles. The molecule has 0 atom stereocenters. The van der Waals surface area contributed by atoms with Gasteiger partial charge in [0.05, 0.1) is 29.4 Å². The van der Waals surface area contributed by atoms with E-state index < -0.39 is 10.8 Å². The van der Waals surface area contributed by atoms with Crippen LogP contribution in [-0.2, 0) is 0 Å². The smallest absolute Gasteiger partial charge is 0.278 e. The molecule has 118 valence electrons. The summed E-state index contributed by atoms with van der Waals surface area (Å²) in [6.07, 6.45) is 1.22. The van der Waals surface area contributed by atoms with E-state index in [-0.39, 0.29) is 5.69 Å². The van der Waals surface area contributed by atoms with Crippen molar-refractivity contribution >= 4 is 33.7 Å². The summed E-state index contributed by atoms with van der Waals surface area (Å²) in [5.41, 5.74) is 2.81. The van der Waals surface area contributed by atoms with Crippen LogP contribution in [0.1, 0.15) is 15.9 Å². The summed E-state index contributed by atoms with van der Waals surface area (Å²) in [7, 11) is 1.45. The molecule has 0 fully saturated rings. The van der Waals surface area contributed by atoms with Crippen LogP contribution in [0, 0.1) is 10.1 Å². The van der Waals surface area contributed by atoms with Crippen molar-refractivity contribution in [2.24, 2.45) is 5.10 Å². The van der Waals surface area contributed by atoms with Gasteiger partial charge in [0, 0.05) is 10.5 Å². The predicted molar refractivity (Wildman–Crippen MR) is 88.9 cm³/mol. The highest BCUT2D eigenvalue weighted by Gasteiger charge is 2.13. The van der Waals surface area contributed by atoms with Gasteiger partial charge in [-0.25, -0.2) is 5.43 Å². The zero-order valence-corrected chi connectivity index (χ0v) is 13.6. The van der Waals surface area contributed by atoms with Crippen molar-refractivity contribution in [1.29, 1.82) is 0 Å². The minimum atomic E-state index is -0.513. The molecule has 0 aliphatic carbocycles. The Morgan fingerprint density at radius 2 is 2.09 bits per heavy atom. The van der Waals surface area contributed by atoms with Crippen molar-refractivity contribution < 1.29 is 14.5 Å². The minimum Gasteiger partial charge on any atom is -0.496 e. The second-order valence-corrected chi connectivity index (χ2v) is 5.28. The van der Waals surface area contributed by atoms with Gasteiger partial charge in [-0.15, -0.1) is 0 Å². The molecule has 2 aromatic carbocycles. The number of nitro groups is 1. The lowest BCUT2D eigenvalue weighted by Gasteiger charge is -2.07. The molecular weight excluding hydrogens is 366 g/mol.